The van der Waals surface area contributed by atoms with E-state index in [9.17, 15) is 9.18 Å². The number of piperidine rings is 1. The molecule has 2 aromatic heterocycles. The van der Waals surface area contributed by atoms with Crippen LogP contribution in [0.2, 0.25) is 5.02 Å². The molecule has 0 unspecified atom stereocenters. The minimum atomic E-state index is -0.324. The summed E-state index contributed by atoms with van der Waals surface area (Å²) >= 11 is 6.54. The van der Waals surface area contributed by atoms with Crippen molar-refractivity contribution in [2.45, 2.75) is 25.5 Å². The van der Waals surface area contributed by atoms with Crippen molar-refractivity contribution in [3.8, 4) is 17.0 Å². The molecule has 1 amide bonds. The number of carbonyl (C=O) groups excluding carboxylic acids is 1. The summed E-state index contributed by atoms with van der Waals surface area (Å²) in [6.07, 6.45) is 4.42. The van der Waals surface area contributed by atoms with Gasteiger partial charge in [-0.3, -0.25) is 4.79 Å². The molecule has 2 N–H and O–H groups in total. The van der Waals surface area contributed by atoms with Crippen LogP contribution >= 0.6 is 11.6 Å². The van der Waals surface area contributed by atoms with Crippen LogP contribution in [0.1, 0.15) is 24.4 Å². The molecule has 0 bridgehead atoms. The molecule has 36 heavy (non-hydrogen) atoms. The molecule has 1 atom stereocenters. The van der Waals surface area contributed by atoms with Crippen LogP contribution in [0.5, 0.6) is 5.75 Å². The maximum Gasteiger partial charge on any atom is 0.246 e. The standard InChI is InChI=1S/C26H24ClFN6O2/c1-2-22(35)33-10-4-7-19(13-33)34-26-23(25(29)30-15-31-26)24(32-34)17-8-9-21(20(27)12-17)36-14-16-5-3-6-18(28)11-16/h2-3,5-6,8-9,11-12,15,19H,1,4,7,10,13-14H2,(H2,29,30,31)/t19-/m1/s1. The summed E-state index contributed by atoms with van der Waals surface area (Å²) in [5.74, 6) is 0.336. The first-order valence-electron chi connectivity index (χ1n) is 11.5. The quantitative estimate of drug-likeness (QED) is 0.377. The zero-order chi connectivity index (χ0) is 25.2. The maximum atomic E-state index is 13.5. The van der Waals surface area contributed by atoms with Crippen molar-refractivity contribution in [1.29, 1.82) is 0 Å². The highest BCUT2D eigenvalue weighted by molar-refractivity contribution is 6.32. The largest absolute Gasteiger partial charge is 0.487 e. The van der Waals surface area contributed by atoms with Gasteiger partial charge < -0.3 is 15.4 Å². The summed E-state index contributed by atoms with van der Waals surface area (Å²) in [6, 6.07) is 11.5. The second-order valence-electron chi connectivity index (χ2n) is 8.60. The number of carbonyl (C=O) groups is 1. The first-order chi connectivity index (χ1) is 17.4. The van der Waals surface area contributed by atoms with Gasteiger partial charge in [0.1, 0.15) is 36.0 Å². The van der Waals surface area contributed by atoms with Crippen LogP contribution in [0.3, 0.4) is 0 Å². The number of hydrogen-bond acceptors (Lipinski definition) is 6. The summed E-state index contributed by atoms with van der Waals surface area (Å²) in [5, 5.41) is 5.86. The summed E-state index contributed by atoms with van der Waals surface area (Å²) in [5.41, 5.74) is 8.86. The molecule has 3 heterocycles. The van der Waals surface area contributed by atoms with Crippen LogP contribution < -0.4 is 10.5 Å². The van der Waals surface area contributed by atoms with E-state index in [-0.39, 0.29) is 24.4 Å². The molecular weight excluding hydrogens is 483 g/mol. The molecule has 1 saturated heterocycles. The van der Waals surface area contributed by atoms with Crippen molar-refractivity contribution in [3.05, 3.63) is 77.9 Å². The number of halogens is 2. The number of nitrogens with zero attached hydrogens (tertiary/aromatic N) is 5. The molecular formula is C26H24ClFN6O2. The van der Waals surface area contributed by atoms with Crippen molar-refractivity contribution < 1.29 is 13.9 Å². The Morgan fingerprint density at radius 1 is 1.28 bits per heavy atom. The number of hydrogen-bond donors (Lipinski definition) is 1. The van der Waals surface area contributed by atoms with Gasteiger partial charge in [0.2, 0.25) is 5.91 Å². The normalized spacial score (nSPS) is 15.7. The van der Waals surface area contributed by atoms with E-state index < -0.39 is 0 Å². The number of amides is 1. The number of likely N-dealkylation sites (tertiary alicyclic amines) is 1. The lowest BCUT2D eigenvalue weighted by molar-refractivity contribution is -0.127. The van der Waals surface area contributed by atoms with Crippen molar-refractivity contribution in [2.75, 3.05) is 18.8 Å². The van der Waals surface area contributed by atoms with Crippen molar-refractivity contribution in [2.24, 2.45) is 0 Å². The number of nitrogens with two attached hydrogens (primary N) is 1. The van der Waals surface area contributed by atoms with Gasteiger partial charge in [-0.1, -0.05) is 30.3 Å². The fraction of sp³-hybridized carbons (Fsp3) is 0.231. The molecule has 4 aromatic rings. The average molecular weight is 507 g/mol. The van der Waals surface area contributed by atoms with Crippen LogP contribution in [0.25, 0.3) is 22.3 Å². The van der Waals surface area contributed by atoms with Gasteiger partial charge >= 0.3 is 0 Å². The Kier molecular flexibility index (Phi) is 6.56. The van der Waals surface area contributed by atoms with E-state index in [0.29, 0.717) is 52.0 Å². The van der Waals surface area contributed by atoms with E-state index in [1.54, 1.807) is 29.2 Å². The molecule has 0 spiro atoms. The molecule has 2 aromatic carbocycles. The summed E-state index contributed by atoms with van der Waals surface area (Å²) < 4.78 is 21.1. The van der Waals surface area contributed by atoms with Crippen molar-refractivity contribution in [3.63, 3.8) is 0 Å². The number of nitrogen functional groups attached to an aromatic ring is 1. The first kappa shape index (κ1) is 23.7. The van der Waals surface area contributed by atoms with Crippen LogP contribution in [0.4, 0.5) is 10.2 Å². The highest BCUT2D eigenvalue weighted by Crippen LogP contribution is 2.37. The van der Waals surface area contributed by atoms with Crippen LogP contribution in [0, 0.1) is 5.82 Å². The second-order valence-corrected chi connectivity index (χ2v) is 9.01. The van der Waals surface area contributed by atoms with E-state index in [1.165, 1.54) is 24.5 Å². The number of rotatable bonds is 6. The van der Waals surface area contributed by atoms with Crippen LogP contribution in [-0.2, 0) is 11.4 Å². The smallest absolute Gasteiger partial charge is 0.246 e. The molecule has 1 aliphatic rings. The van der Waals surface area contributed by atoms with E-state index in [1.807, 2.05) is 10.7 Å². The molecule has 0 saturated carbocycles. The Labute approximate surface area is 212 Å². The molecule has 184 valence electrons. The topological polar surface area (TPSA) is 99.2 Å². The van der Waals surface area contributed by atoms with Gasteiger partial charge in [0.25, 0.3) is 0 Å². The molecule has 1 fully saturated rings. The number of anilines is 1. The van der Waals surface area contributed by atoms with E-state index in [0.717, 1.165) is 18.4 Å². The summed E-state index contributed by atoms with van der Waals surface area (Å²) in [7, 11) is 0. The minimum absolute atomic E-state index is 0.0717. The number of aromatic nitrogens is 4. The predicted octanol–water partition coefficient (Wildman–Crippen LogP) is 4.80. The lowest BCUT2D eigenvalue weighted by Gasteiger charge is -2.32. The van der Waals surface area contributed by atoms with E-state index in [4.69, 9.17) is 27.2 Å². The monoisotopic (exact) mass is 506 g/mol. The zero-order valence-electron chi connectivity index (χ0n) is 19.4. The maximum absolute atomic E-state index is 13.5. The third-order valence-electron chi connectivity index (χ3n) is 6.24. The molecule has 10 heteroatoms. The summed E-state index contributed by atoms with van der Waals surface area (Å²) in [4.78, 5) is 22.6. The number of ether oxygens (including phenoxy) is 1. The van der Waals surface area contributed by atoms with E-state index in [2.05, 4.69) is 16.5 Å². The molecule has 8 nitrogen and oxygen atoms in total. The zero-order valence-corrected chi connectivity index (χ0v) is 20.2. The Bertz CT molecular complexity index is 1460. The van der Waals surface area contributed by atoms with Gasteiger partial charge in [0.05, 0.1) is 16.5 Å². The Morgan fingerprint density at radius 2 is 2.14 bits per heavy atom. The first-order valence-corrected chi connectivity index (χ1v) is 11.9. The minimum Gasteiger partial charge on any atom is -0.487 e. The Morgan fingerprint density at radius 3 is 2.92 bits per heavy atom. The van der Waals surface area contributed by atoms with Crippen molar-refractivity contribution >= 4 is 34.4 Å². The molecule has 0 aliphatic carbocycles. The van der Waals surface area contributed by atoms with Gasteiger partial charge in [0.15, 0.2) is 5.65 Å². The average Bonchev–Trinajstić information content (AvgIpc) is 3.29. The third kappa shape index (κ3) is 4.61. The molecule has 1 aliphatic heterocycles. The van der Waals surface area contributed by atoms with Gasteiger partial charge in [-0.2, -0.15) is 5.10 Å². The van der Waals surface area contributed by atoms with Gasteiger partial charge in [-0.15, -0.1) is 0 Å². The highest BCUT2D eigenvalue weighted by Gasteiger charge is 2.28. The van der Waals surface area contributed by atoms with Gasteiger partial charge in [-0.05, 0) is 54.8 Å². The molecule has 5 rings (SSSR count). The predicted molar refractivity (Wildman–Crippen MR) is 136 cm³/mol. The number of benzene rings is 2. The SMILES string of the molecule is C=CC(=O)N1CCC[C@@H](n2nc(-c3ccc(OCc4cccc(F)c4)c(Cl)c3)c3c(N)ncnc32)C1. The Hall–Kier alpha value is -3.98. The third-order valence-corrected chi connectivity index (χ3v) is 6.53. The lowest BCUT2D eigenvalue weighted by Crippen LogP contribution is -2.40. The fourth-order valence-corrected chi connectivity index (χ4v) is 4.72. The van der Waals surface area contributed by atoms with Gasteiger partial charge in [0, 0.05) is 18.7 Å². The number of fused-ring (bicyclic) bond motifs is 1. The second kappa shape index (κ2) is 9.94. The highest BCUT2D eigenvalue weighted by atomic mass is 35.5. The Balaban J connectivity index is 1.47. The van der Waals surface area contributed by atoms with Gasteiger partial charge in [-0.25, -0.2) is 19.0 Å². The fourth-order valence-electron chi connectivity index (χ4n) is 4.49. The molecule has 0 radical (unpaired) electrons. The lowest BCUT2D eigenvalue weighted by atomic mass is 10.1. The summed E-state index contributed by atoms with van der Waals surface area (Å²) in [6.45, 7) is 4.95. The van der Waals surface area contributed by atoms with E-state index >= 15 is 0 Å². The van der Waals surface area contributed by atoms with Crippen LogP contribution in [-0.4, -0.2) is 43.6 Å². The van der Waals surface area contributed by atoms with Crippen LogP contribution in [0.15, 0.2) is 61.4 Å². The van der Waals surface area contributed by atoms with Crippen molar-refractivity contribution in [1.82, 2.24) is 24.6 Å².